The van der Waals surface area contributed by atoms with Gasteiger partial charge in [-0.05, 0) is 29.9 Å². The number of rotatable bonds is 2. The molecule has 3 heteroatoms. The number of amides is 1. The Labute approximate surface area is 121 Å². The fourth-order valence-corrected chi connectivity index (χ4v) is 3.59. The van der Waals surface area contributed by atoms with E-state index in [1.165, 1.54) is 12.8 Å². The van der Waals surface area contributed by atoms with Gasteiger partial charge in [-0.1, -0.05) is 44.9 Å². The zero-order chi connectivity index (χ0) is 14.1. The van der Waals surface area contributed by atoms with Crippen molar-refractivity contribution in [2.75, 3.05) is 11.9 Å². The maximum atomic E-state index is 12.6. The summed E-state index contributed by atoms with van der Waals surface area (Å²) in [6.45, 7) is 5.30. The molecule has 1 aliphatic carbocycles. The van der Waals surface area contributed by atoms with Crippen molar-refractivity contribution in [3.05, 3.63) is 29.8 Å². The average molecular weight is 272 g/mol. The van der Waals surface area contributed by atoms with Crippen molar-refractivity contribution < 1.29 is 4.79 Å². The summed E-state index contributed by atoms with van der Waals surface area (Å²) < 4.78 is 0. The van der Waals surface area contributed by atoms with Crippen molar-refractivity contribution in [2.24, 2.45) is 11.8 Å². The van der Waals surface area contributed by atoms with Gasteiger partial charge in [-0.3, -0.25) is 4.79 Å². The highest BCUT2D eigenvalue weighted by Gasteiger charge is 2.33. The highest BCUT2D eigenvalue weighted by atomic mass is 16.2. The first-order valence-electron chi connectivity index (χ1n) is 7.80. The summed E-state index contributed by atoms with van der Waals surface area (Å²) in [6, 6.07) is 8.48. The fourth-order valence-electron chi connectivity index (χ4n) is 3.59. The molecule has 0 aromatic heterocycles. The van der Waals surface area contributed by atoms with E-state index in [1.807, 2.05) is 18.2 Å². The summed E-state index contributed by atoms with van der Waals surface area (Å²) in [5.41, 5.74) is 2.25. The van der Waals surface area contributed by atoms with Gasteiger partial charge in [0.1, 0.15) is 0 Å². The monoisotopic (exact) mass is 272 g/mol. The lowest BCUT2D eigenvalue weighted by molar-refractivity contribution is -0.123. The van der Waals surface area contributed by atoms with E-state index in [0.29, 0.717) is 17.9 Å². The maximum Gasteiger partial charge on any atom is 0.229 e. The minimum absolute atomic E-state index is 0.0318. The second kappa shape index (κ2) is 5.47. The number of hydrogen-bond donors (Lipinski definition) is 2. The molecule has 108 valence electrons. The Bertz CT molecular complexity index is 500. The first-order valence-corrected chi connectivity index (χ1v) is 7.80. The summed E-state index contributed by atoms with van der Waals surface area (Å²) in [4.78, 5) is 12.6. The minimum Gasteiger partial charge on any atom is -0.384 e. The zero-order valence-electron chi connectivity index (χ0n) is 12.4. The second-order valence-corrected chi connectivity index (χ2v) is 6.40. The van der Waals surface area contributed by atoms with Crippen LogP contribution < -0.4 is 10.6 Å². The quantitative estimate of drug-likeness (QED) is 0.868. The molecule has 1 aromatic rings. The Hall–Kier alpha value is -1.51. The molecule has 4 unspecified atom stereocenters. The van der Waals surface area contributed by atoms with Crippen molar-refractivity contribution in [3.63, 3.8) is 0 Å². The number of nitrogens with one attached hydrogen (secondary N) is 2. The first-order chi connectivity index (χ1) is 9.66. The predicted molar refractivity (Wildman–Crippen MR) is 81.8 cm³/mol. The highest BCUT2D eigenvalue weighted by molar-refractivity contribution is 5.88. The van der Waals surface area contributed by atoms with Crippen molar-refractivity contribution >= 4 is 11.6 Å². The molecule has 0 saturated heterocycles. The molecule has 1 heterocycles. The fraction of sp³-hybridized carbons (Fsp3) is 0.588. The van der Waals surface area contributed by atoms with Gasteiger partial charge in [0.2, 0.25) is 5.91 Å². The van der Waals surface area contributed by atoms with Gasteiger partial charge in [0.05, 0.1) is 5.92 Å². The number of benzene rings is 1. The normalized spacial score (nSPS) is 32.3. The average Bonchev–Trinajstić information content (AvgIpc) is 2.88. The van der Waals surface area contributed by atoms with E-state index in [9.17, 15) is 4.79 Å². The Morgan fingerprint density at radius 1 is 1.25 bits per heavy atom. The van der Waals surface area contributed by atoms with E-state index >= 15 is 0 Å². The summed E-state index contributed by atoms with van der Waals surface area (Å²) >= 11 is 0. The third-order valence-corrected chi connectivity index (χ3v) is 5.18. The molecule has 0 spiro atoms. The summed E-state index contributed by atoms with van der Waals surface area (Å²) in [6.07, 6.45) is 3.65. The first kappa shape index (κ1) is 13.5. The summed E-state index contributed by atoms with van der Waals surface area (Å²) in [5, 5.41) is 6.63. The van der Waals surface area contributed by atoms with Crippen LogP contribution in [0, 0.1) is 11.8 Å². The number of carbonyl (C=O) groups is 1. The van der Waals surface area contributed by atoms with Crippen molar-refractivity contribution in [1.82, 2.24) is 5.32 Å². The van der Waals surface area contributed by atoms with Crippen LogP contribution in [0.3, 0.4) is 0 Å². The van der Waals surface area contributed by atoms with Crippen LogP contribution in [0.15, 0.2) is 24.3 Å². The molecule has 1 aromatic carbocycles. The van der Waals surface area contributed by atoms with Crippen LogP contribution in [0.2, 0.25) is 0 Å². The van der Waals surface area contributed by atoms with Crippen LogP contribution in [0.5, 0.6) is 0 Å². The summed E-state index contributed by atoms with van der Waals surface area (Å²) in [5.74, 6) is 1.45. The molecule has 0 bridgehead atoms. The largest absolute Gasteiger partial charge is 0.384 e. The number of anilines is 1. The van der Waals surface area contributed by atoms with E-state index in [1.54, 1.807) is 0 Å². The predicted octanol–water partition coefficient (Wildman–Crippen LogP) is 3.14. The second-order valence-electron chi connectivity index (χ2n) is 6.40. The SMILES string of the molecule is CC1CCCC(NC(=O)C2CNc3ccccc32)C1C. The van der Waals surface area contributed by atoms with E-state index in [0.717, 1.165) is 24.2 Å². The van der Waals surface area contributed by atoms with Crippen molar-refractivity contribution in [3.8, 4) is 0 Å². The molecule has 20 heavy (non-hydrogen) atoms. The van der Waals surface area contributed by atoms with Gasteiger partial charge < -0.3 is 10.6 Å². The Morgan fingerprint density at radius 2 is 2.05 bits per heavy atom. The Morgan fingerprint density at radius 3 is 2.90 bits per heavy atom. The summed E-state index contributed by atoms with van der Waals surface area (Å²) in [7, 11) is 0. The van der Waals surface area contributed by atoms with Crippen LogP contribution in [-0.4, -0.2) is 18.5 Å². The van der Waals surface area contributed by atoms with Crippen LogP contribution in [0.1, 0.15) is 44.6 Å². The van der Waals surface area contributed by atoms with Crippen LogP contribution in [0.4, 0.5) is 5.69 Å². The maximum absolute atomic E-state index is 12.6. The van der Waals surface area contributed by atoms with E-state index in [2.05, 4.69) is 30.5 Å². The van der Waals surface area contributed by atoms with Gasteiger partial charge in [0.15, 0.2) is 0 Å². The lowest BCUT2D eigenvalue weighted by Crippen LogP contribution is -2.45. The Balaban J connectivity index is 1.69. The number of fused-ring (bicyclic) bond motifs is 1. The van der Waals surface area contributed by atoms with Gasteiger partial charge in [0.25, 0.3) is 0 Å². The van der Waals surface area contributed by atoms with E-state index < -0.39 is 0 Å². The molecule has 3 rings (SSSR count). The molecule has 1 fully saturated rings. The lowest BCUT2D eigenvalue weighted by atomic mass is 9.78. The number of hydrogen-bond acceptors (Lipinski definition) is 2. The standard InChI is InChI=1S/C17H24N2O/c1-11-6-5-9-15(12(11)2)19-17(20)14-10-18-16-8-4-3-7-13(14)16/h3-4,7-8,11-12,14-15,18H,5-6,9-10H2,1-2H3,(H,19,20). The molecule has 1 aliphatic heterocycles. The smallest absolute Gasteiger partial charge is 0.229 e. The van der Waals surface area contributed by atoms with E-state index in [-0.39, 0.29) is 11.8 Å². The third-order valence-electron chi connectivity index (χ3n) is 5.18. The number of para-hydroxylation sites is 1. The van der Waals surface area contributed by atoms with Crippen LogP contribution in [-0.2, 0) is 4.79 Å². The third kappa shape index (κ3) is 2.41. The topological polar surface area (TPSA) is 41.1 Å². The molecule has 1 amide bonds. The molecule has 0 radical (unpaired) electrons. The van der Waals surface area contributed by atoms with E-state index in [4.69, 9.17) is 0 Å². The molecule has 4 atom stereocenters. The Kier molecular flexibility index (Phi) is 3.68. The van der Waals surface area contributed by atoms with Gasteiger partial charge >= 0.3 is 0 Å². The van der Waals surface area contributed by atoms with Gasteiger partial charge in [-0.25, -0.2) is 0 Å². The molecular formula is C17H24N2O. The van der Waals surface area contributed by atoms with Gasteiger partial charge in [-0.2, -0.15) is 0 Å². The van der Waals surface area contributed by atoms with Crippen molar-refractivity contribution in [2.45, 2.75) is 45.1 Å². The molecule has 2 N–H and O–H groups in total. The number of carbonyl (C=O) groups excluding carboxylic acids is 1. The highest BCUT2D eigenvalue weighted by Crippen LogP contribution is 2.33. The van der Waals surface area contributed by atoms with Crippen LogP contribution in [0.25, 0.3) is 0 Å². The molecule has 2 aliphatic rings. The van der Waals surface area contributed by atoms with Gasteiger partial charge in [0, 0.05) is 18.3 Å². The van der Waals surface area contributed by atoms with Crippen LogP contribution >= 0.6 is 0 Å². The molecule has 3 nitrogen and oxygen atoms in total. The lowest BCUT2D eigenvalue weighted by Gasteiger charge is -2.35. The van der Waals surface area contributed by atoms with Crippen molar-refractivity contribution in [1.29, 1.82) is 0 Å². The van der Waals surface area contributed by atoms with Gasteiger partial charge in [-0.15, -0.1) is 0 Å². The minimum atomic E-state index is -0.0318. The molecular weight excluding hydrogens is 248 g/mol. The molecule has 1 saturated carbocycles. The zero-order valence-corrected chi connectivity index (χ0v) is 12.4.